The van der Waals surface area contributed by atoms with Crippen LogP contribution < -0.4 is 0 Å². The van der Waals surface area contributed by atoms with Crippen molar-refractivity contribution in [3.63, 3.8) is 0 Å². The molecule has 0 spiro atoms. The van der Waals surface area contributed by atoms with Crippen LogP contribution in [0.5, 0.6) is 0 Å². The van der Waals surface area contributed by atoms with Crippen molar-refractivity contribution < 1.29 is 14.6 Å². The maximum atomic E-state index is 12.4. The van der Waals surface area contributed by atoms with Crippen molar-refractivity contribution in [1.29, 1.82) is 0 Å². The molecule has 1 heterocycles. The molecule has 4 heteroatoms. The Hall–Kier alpha value is -0.610. The van der Waals surface area contributed by atoms with Crippen molar-refractivity contribution in [2.24, 2.45) is 0 Å². The Kier molecular flexibility index (Phi) is 20.2. The van der Waals surface area contributed by atoms with Crippen molar-refractivity contribution >= 4 is 5.91 Å². The van der Waals surface area contributed by atoms with Gasteiger partial charge in [-0.05, 0) is 12.8 Å². The first-order valence-electron chi connectivity index (χ1n) is 14.7. The van der Waals surface area contributed by atoms with Gasteiger partial charge in [-0.1, -0.05) is 129 Å². The van der Waals surface area contributed by atoms with E-state index in [1.54, 1.807) is 7.11 Å². The van der Waals surface area contributed by atoms with E-state index in [9.17, 15) is 9.90 Å². The SMILES string of the molecule is CCCCCCCCCCCCCCCCCCCCCCC(=O)N1C[C@H](O)C[C@H]1COC. The van der Waals surface area contributed by atoms with Gasteiger partial charge < -0.3 is 14.7 Å². The van der Waals surface area contributed by atoms with Crippen LogP contribution in [0.3, 0.4) is 0 Å². The molecule has 1 N–H and O–H groups in total. The third-order valence-electron chi connectivity index (χ3n) is 7.32. The first kappa shape index (κ1) is 30.4. The topological polar surface area (TPSA) is 49.8 Å². The number of hydrogen-bond donors (Lipinski definition) is 1. The van der Waals surface area contributed by atoms with E-state index in [0.717, 1.165) is 12.8 Å². The Labute approximate surface area is 206 Å². The molecule has 1 aliphatic heterocycles. The van der Waals surface area contributed by atoms with Gasteiger partial charge in [0, 0.05) is 20.1 Å². The highest BCUT2D eigenvalue weighted by molar-refractivity contribution is 5.76. The zero-order valence-electron chi connectivity index (χ0n) is 22.3. The van der Waals surface area contributed by atoms with Gasteiger partial charge in [0.1, 0.15) is 0 Å². The van der Waals surface area contributed by atoms with Crippen molar-refractivity contribution in [3.05, 3.63) is 0 Å². The minimum atomic E-state index is -0.385. The fourth-order valence-corrected chi connectivity index (χ4v) is 5.22. The molecule has 1 saturated heterocycles. The number of nitrogens with zero attached hydrogens (tertiary/aromatic N) is 1. The zero-order chi connectivity index (χ0) is 24.0. The lowest BCUT2D eigenvalue weighted by Gasteiger charge is -2.23. The molecule has 2 atom stereocenters. The van der Waals surface area contributed by atoms with E-state index >= 15 is 0 Å². The van der Waals surface area contributed by atoms with E-state index in [1.807, 2.05) is 4.90 Å². The normalized spacial score (nSPS) is 18.3. The number of amides is 1. The molecule has 1 fully saturated rings. The Balaban J connectivity index is 1.78. The van der Waals surface area contributed by atoms with Gasteiger partial charge in [0.25, 0.3) is 0 Å². The van der Waals surface area contributed by atoms with Gasteiger partial charge in [0.15, 0.2) is 0 Å². The molecule has 1 aliphatic rings. The second-order valence-electron chi connectivity index (χ2n) is 10.5. The molecule has 0 aromatic rings. The van der Waals surface area contributed by atoms with Crippen molar-refractivity contribution in [3.8, 4) is 0 Å². The fourth-order valence-electron chi connectivity index (χ4n) is 5.22. The first-order chi connectivity index (χ1) is 16.2. The average molecular weight is 468 g/mol. The maximum absolute atomic E-state index is 12.4. The van der Waals surface area contributed by atoms with E-state index in [4.69, 9.17) is 4.74 Å². The molecule has 0 aliphatic carbocycles. The van der Waals surface area contributed by atoms with Crippen LogP contribution in [-0.4, -0.2) is 48.3 Å². The standard InChI is InChI=1S/C29H57NO3/c1-3-4-5-6-7-8-9-10-11-12-13-14-15-16-17-18-19-20-21-22-23-29(32)30-25-28(31)24-27(30)26-33-2/h27-28,31H,3-26H2,1-2H3/t27-,28+/m0/s1. The smallest absolute Gasteiger partial charge is 0.222 e. The predicted octanol–water partition coefficient (Wildman–Crippen LogP) is 7.81. The minimum Gasteiger partial charge on any atom is -0.391 e. The fraction of sp³-hybridized carbons (Fsp3) is 0.966. The summed E-state index contributed by atoms with van der Waals surface area (Å²) < 4.78 is 5.20. The summed E-state index contributed by atoms with van der Waals surface area (Å²) in [5.41, 5.74) is 0. The number of likely N-dealkylation sites (tertiary alicyclic amines) is 1. The lowest BCUT2D eigenvalue weighted by atomic mass is 10.0. The predicted molar refractivity (Wildman–Crippen MR) is 141 cm³/mol. The first-order valence-corrected chi connectivity index (χ1v) is 14.7. The molecule has 0 aromatic heterocycles. The summed E-state index contributed by atoms with van der Waals surface area (Å²) >= 11 is 0. The minimum absolute atomic E-state index is 0.0580. The molecule has 1 amide bonds. The molecule has 33 heavy (non-hydrogen) atoms. The van der Waals surface area contributed by atoms with Gasteiger partial charge >= 0.3 is 0 Å². The summed E-state index contributed by atoms with van der Waals surface area (Å²) in [6.07, 6.45) is 28.3. The molecule has 0 saturated carbocycles. The van der Waals surface area contributed by atoms with E-state index in [1.165, 1.54) is 116 Å². The van der Waals surface area contributed by atoms with Crippen LogP contribution in [0.4, 0.5) is 0 Å². The highest BCUT2D eigenvalue weighted by Crippen LogP contribution is 2.20. The summed E-state index contributed by atoms with van der Waals surface area (Å²) in [5.74, 6) is 0.191. The van der Waals surface area contributed by atoms with Gasteiger partial charge in [-0.2, -0.15) is 0 Å². The molecule has 0 radical (unpaired) electrons. The Morgan fingerprint density at radius 2 is 1.12 bits per heavy atom. The van der Waals surface area contributed by atoms with Crippen LogP contribution in [0.15, 0.2) is 0 Å². The van der Waals surface area contributed by atoms with Crippen LogP contribution in [0.2, 0.25) is 0 Å². The highest BCUT2D eigenvalue weighted by atomic mass is 16.5. The monoisotopic (exact) mass is 467 g/mol. The molecule has 0 bridgehead atoms. The highest BCUT2D eigenvalue weighted by Gasteiger charge is 2.33. The van der Waals surface area contributed by atoms with Gasteiger partial charge in [0.2, 0.25) is 5.91 Å². The van der Waals surface area contributed by atoms with E-state index < -0.39 is 0 Å². The number of β-amino-alcohol motifs (C(OH)–C–C–N with tert-alkyl or cyclic N) is 1. The van der Waals surface area contributed by atoms with Crippen LogP contribution in [0.25, 0.3) is 0 Å². The van der Waals surface area contributed by atoms with E-state index in [2.05, 4.69) is 6.92 Å². The summed E-state index contributed by atoms with van der Waals surface area (Å²) in [6, 6.07) is 0.0580. The second kappa shape index (κ2) is 21.9. The van der Waals surface area contributed by atoms with Crippen molar-refractivity contribution in [2.45, 2.75) is 160 Å². The average Bonchev–Trinajstić information content (AvgIpc) is 3.18. The van der Waals surface area contributed by atoms with Crippen LogP contribution >= 0.6 is 0 Å². The summed E-state index contributed by atoms with van der Waals surface area (Å²) in [5, 5.41) is 9.84. The molecule has 0 unspecified atom stereocenters. The van der Waals surface area contributed by atoms with Gasteiger partial charge in [-0.3, -0.25) is 4.79 Å². The molecular weight excluding hydrogens is 410 g/mol. The summed E-state index contributed by atoms with van der Waals surface area (Å²) in [4.78, 5) is 14.3. The Morgan fingerprint density at radius 3 is 1.52 bits per heavy atom. The van der Waals surface area contributed by atoms with E-state index in [0.29, 0.717) is 26.0 Å². The lowest BCUT2D eigenvalue weighted by molar-refractivity contribution is -0.133. The largest absolute Gasteiger partial charge is 0.391 e. The van der Waals surface area contributed by atoms with Gasteiger partial charge in [-0.25, -0.2) is 0 Å². The number of aliphatic hydroxyl groups is 1. The molecular formula is C29H57NO3. The lowest BCUT2D eigenvalue weighted by Crippen LogP contribution is -2.38. The number of hydrogen-bond acceptors (Lipinski definition) is 3. The summed E-state index contributed by atoms with van der Waals surface area (Å²) in [7, 11) is 1.66. The van der Waals surface area contributed by atoms with Crippen LogP contribution in [-0.2, 0) is 9.53 Å². The zero-order valence-corrected chi connectivity index (χ0v) is 22.3. The summed E-state index contributed by atoms with van der Waals surface area (Å²) in [6.45, 7) is 3.30. The molecule has 1 rings (SSSR count). The maximum Gasteiger partial charge on any atom is 0.222 e. The number of unbranched alkanes of at least 4 members (excludes halogenated alkanes) is 19. The Morgan fingerprint density at radius 1 is 0.727 bits per heavy atom. The third kappa shape index (κ3) is 16.6. The molecule has 4 nitrogen and oxygen atoms in total. The van der Waals surface area contributed by atoms with Gasteiger partial charge in [0.05, 0.1) is 18.8 Å². The van der Waals surface area contributed by atoms with Gasteiger partial charge in [-0.15, -0.1) is 0 Å². The molecule has 196 valence electrons. The number of methoxy groups -OCH3 is 1. The van der Waals surface area contributed by atoms with Crippen LogP contribution in [0.1, 0.15) is 148 Å². The third-order valence-corrected chi connectivity index (χ3v) is 7.32. The quantitative estimate of drug-likeness (QED) is 0.156. The van der Waals surface area contributed by atoms with Crippen molar-refractivity contribution in [2.75, 3.05) is 20.3 Å². The second-order valence-corrected chi connectivity index (χ2v) is 10.5. The van der Waals surface area contributed by atoms with E-state index in [-0.39, 0.29) is 18.1 Å². The number of ether oxygens (including phenoxy) is 1. The number of carbonyl (C=O) groups is 1. The van der Waals surface area contributed by atoms with Crippen LogP contribution in [0, 0.1) is 0 Å². The number of aliphatic hydroxyl groups excluding tert-OH is 1. The number of carbonyl (C=O) groups excluding carboxylic acids is 1. The molecule has 0 aromatic carbocycles. The van der Waals surface area contributed by atoms with Crippen molar-refractivity contribution in [1.82, 2.24) is 4.90 Å². The number of rotatable bonds is 23. The Bertz CT molecular complexity index is 443.